The molecule has 1 aliphatic rings. The summed E-state index contributed by atoms with van der Waals surface area (Å²) in [4.78, 5) is 43.6. The predicted octanol–water partition coefficient (Wildman–Crippen LogP) is 0.975. The molecule has 3 heterocycles. The number of nitrogens with zero attached hydrogens (tertiary/aromatic N) is 3. The molecule has 2 amide bonds. The van der Waals surface area contributed by atoms with E-state index in [1.165, 1.54) is 24.4 Å². The largest absolute Gasteiger partial charge is 0.478 e. The van der Waals surface area contributed by atoms with Crippen molar-refractivity contribution >= 4 is 23.6 Å². The lowest BCUT2D eigenvalue weighted by Gasteiger charge is -2.11. The minimum Gasteiger partial charge on any atom is -0.478 e. The molecular weight excluding hydrogens is 262 g/mol. The summed E-state index contributed by atoms with van der Waals surface area (Å²) in [5.41, 5.74) is 0.256. The van der Waals surface area contributed by atoms with Crippen molar-refractivity contribution < 1.29 is 19.5 Å². The standard InChI is InChI=1S/C13H7N3O4/c17-11-8-2-1-5-14-10(8)12(18)16(11)9-4-3-7(6-15-9)13(19)20/h1-6H,(H,19,20). The lowest BCUT2D eigenvalue weighted by atomic mass is 10.2. The minimum absolute atomic E-state index is 0.0246. The van der Waals surface area contributed by atoms with Crippen molar-refractivity contribution in [2.45, 2.75) is 0 Å². The number of carbonyl (C=O) groups is 3. The molecule has 0 radical (unpaired) electrons. The van der Waals surface area contributed by atoms with Crippen molar-refractivity contribution in [1.82, 2.24) is 9.97 Å². The third kappa shape index (κ3) is 1.64. The van der Waals surface area contributed by atoms with Crippen LogP contribution in [0.4, 0.5) is 5.82 Å². The molecule has 0 saturated carbocycles. The van der Waals surface area contributed by atoms with Gasteiger partial charge >= 0.3 is 5.97 Å². The first kappa shape index (κ1) is 12.0. The van der Waals surface area contributed by atoms with Gasteiger partial charge in [-0.2, -0.15) is 0 Å². The number of carboxylic acids is 1. The van der Waals surface area contributed by atoms with Gasteiger partial charge in [0.05, 0.1) is 11.1 Å². The molecule has 7 nitrogen and oxygen atoms in total. The molecule has 2 aromatic heterocycles. The highest BCUT2D eigenvalue weighted by Crippen LogP contribution is 2.25. The van der Waals surface area contributed by atoms with Crippen LogP contribution >= 0.6 is 0 Å². The van der Waals surface area contributed by atoms with Crippen molar-refractivity contribution in [2.75, 3.05) is 4.90 Å². The number of anilines is 1. The van der Waals surface area contributed by atoms with Gasteiger partial charge in [-0.05, 0) is 24.3 Å². The molecule has 0 saturated heterocycles. The van der Waals surface area contributed by atoms with E-state index in [2.05, 4.69) is 9.97 Å². The van der Waals surface area contributed by atoms with Crippen LogP contribution in [0.2, 0.25) is 0 Å². The summed E-state index contributed by atoms with van der Waals surface area (Å²) in [6, 6.07) is 5.66. The molecule has 1 aliphatic heterocycles. The molecular formula is C13H7N3O4. The number of carboxylic acid groups (broad SMARTS) is 1. The number of amides is 2. The predicted molar refractivity (Wildman–Crippen MR) is 66.6 cm³/mol. The minimum atomic E-state index is -1.13. The number of hydrogen-bond donors (Lipinski definition) is 1. The van der Waals surface area contributed by atoms with Crippen LogP contribution in [-0.2, 0) is 0 Å². The number of aromatic nitrogens is 2. The van der Waals surface area contributed by atoms with Crippen LogP contribution in [-0.4, -0.2) is 32.9 Å². The fraction of sp³-hybridized carbons (Fsp3) is 0. The maximum Gasteiger partial charge on any atom is 0.337 e. The van der Waals surface area contributed by atoms with Gasteiger partial charge < -0.3 is 5.11 Å². The van der Waals surface area contributed by atoms with E-state index < -0.39 is 17.8 Å². The van der Waals surface area contributed by atoms with Crippen LogP contribution in [0.25, 0.3) is 0 Å². The van der Waals surface area contributed by atoms with Gasteiger partial charge in [0.25, 0.3) is 11.8 Å². The topological polar surface area (TPSA) is 100 Å². The molecule has 1 N–H and O–H groups in total. The van der Waals surface area contributed by atoms with Gasteiger partial charge in [0, 0.05) is 12.4 Å². The van der Waals surface area contributed by atoms with Crippen LogP contribution in [0.5, 0.6) is 0 Å². The van der Waals surface area contributed by atoms with Crippen molar-refractivity contribution in [3.05, 3.63) is 53.5 Å². The number of aromatic carboxylic acids is 1. The second-order valence-corrected chi connectivity index (χ2v) is 4.06. The highest BCUT2D eigenvalue weighted by atomic mass is 16.4. The number of carbonyl (C=O) groups excluding carboxylic acids is 2. The Hall–Kier alpha value is -3.09. The lowest BCUT2D eigenvalue weighted by Crippen LogP contribution is -2.30. The molecule has 2 aromatic rings. The zero-order chi connectivity index (χ0) is 14.3. The Morgan fingerprint density at radius 3 is 2.50 bits per heavy atom. The summed E-state index contributed by atoms with van der Waals surface area (Å²) in [6.45, 7) is 0. The Balaban J connectivity index is 2.02. The van der Waals surface area contributed by atoms with Crippen LogP contribution < -0.4 is 4.90 Å². The van der Waals surface area contributed by atoms with E-state index in [0.717, 1.165) is 11.1 Å². The van der Waals surface area contributed by atoms with Gasteiger partial charge in [-0.1, -0.05) is 0 Å². The van der Waals surface area contributed by atoms with Crippen LogP contribution in [0.3, 0.4) is 0 Å². The molecule has 0 fully saturated rings. The maximum absolute atomic E-state index is 12.1. The molecule has 0 unspecified atom stereocenters. The van der Waals surface area contributed by atoms with Crippen molar-refractivity contribution in [2.24, 2.45) is 0 Å². The van der Waals surface area contributed by atoms with E-state index in [1.54, 1.807) is 6.07 Å². The fourth-order valence-electron chi connectivity index (χ4n) is 1.92. The molecule has 3 rings (SSSR count). The molecule has 0 aliphatic carbocycles. The lowest BCUT2D eigenvalue weighted by molar-refractivity contribution is 0.0696. The summed E-state index contributed by atoms with van der Waals surface area (Å²) in [6.07, 6.45) is 2.52. The molecule has 0 aromatic carbocycles. The molecule has 98 valence electrons. The van der Waals surface area contributed by atoms with Gasteiger partial charge in [-0.15, -0.1) is 0 Å². The van der Waals surface area contributed by atoms with Gasteiger partial charge in [-0.25, -0.2) is 14.7 Å². The highest BCUT2D eigenvalue weighted by Gasteiger charge is 2.38. The van der Waals surface area contributed by atoms with Crippen molar-refractivity contribution in [3.8, 4) is 0 Å². The monoisotopic (exact) mass is 269 g/mol. The second-order valence-electron chi connectivity index (χ2n) is 4.06. The van der Waals surface area contributed by atoms with E-state index in [1.807, 2.05) is 0 Å². The number of imide groups is 1. The van der Waals surface area contributed by atoms with Crippen LogP contribution in [0, 0.1) is 0 Å². The third-order valence-corrected chi connectivity index (χ3v) is 2.87. The van der Waals surface area contributed by atoms with Gasteiger partial charge in [0.2, 0.25) is 0 Å². The Morgan fingerprint density at radius 1 is 1.10 bits per heavy atom. The molecule has 7 heteroatoms. The molecule has 20 heavy (non-hydrogen) atoms. The number of fused-ring (bicyclic) bond motifs is 1. The Kier molecular flexibility index (Phi) is 2.53. The first-order valence-corrected chi connectivity index (χ1v) is 5.63. The Morgan fingerprint density at radius 2 is 1.90 bits per heavy atom. The van der Waals surface area contributed by atoms with E-state index >= 15 is 0 Å². The zero-order valence-corrected chi connectivity index (χ0v) is 9.98. The maximum atomic E-state index is 12.1. The van der Waals surface area contributed by atoms with Gasteiger partial charge in [-0.3, -0.25) is 14.6 Å². The second kappa shape index (κ2) is 4.23. The van der Waals surface area contributed by atoms with Crippen molar-refractivity contribution in [3.63, 3.8) is 0 Å². The first-order valence-electron chi connectivity index (χ1n) is 5.63. The summed E-state index contributed by atoms with van der Waals surface area (Å²) in [5.74, 6) is -2.15. The van der Waals surface area contributed by atoms with E-state index in [-0.39, 0.29) is 22.6 Å². The summed E-state index contributed by atoms with van der Waals surface area (Å²) in [7, 11) is 0. The quantitative estimate of drug-likeness (QED) is 0.815. The first-order chi connectivity index (χ1) is 9.59. The number of hydrogen-bond acceptors (Lipinski definition) is 5. The van der Waals surface area contributed by atoms with E-state index in [4.69, 9.17) is 5.11 Å². The van der Waals surface area contributed by atoms with Gasteiger partial charge in [0.1, 0.15) is 11.5 Å². The van der Waals surface area contributed by atoms with Crippen LogP contribution in [0.15, 0.2) is 36.7 Å². The third-order valence-electron chi connectivity index (χ3n) is 2.87. The van der Waals surface area contributed by atoms with Gasteiger partial charge in [0.15, 0.2) is 0 Å². The average Bonchev–Trinajstić information content (AvgIpc) is 2.72. The zero-order valence-electron chi connectivity index (χ0n) is 9.98. The number of pyridine rings is 2. The summed E-state index contributed by atoms with van der Waals surface area (Å²) >= 11 is 0. The van der Waals surface area contributed by atoms with Crippen molar-refractivity contribution in [1.29, 1.82) is 0 Å². The highest BCUT2D eigenvalue weighted by molar-refractivity contribution is 6.33. The molecule has 0 atom stereocenters. The number of rotatable bonds is 2. The van der Waals surface area contributed by atoms with E-state index in [0.29, 0.717) is 0 Å². The average molecular weight is 269 g/mol. The smallest absolute Gasteiger partial charge is 0.337 e. The summed E-state index contributed by atoms with van der Waals surface area (Å²) in [5, 5.41) is 8.79. The van der Waals surface area contributed by atoms with E-state index in [9.17, 15) is 14.4 Å². The van der Waals surface area contributed by atoms with Crippen LogP contribution in [0.1, 0.15) is 31.2 Å². The SMILES string of the molecule is O=C(O)c1ccc(N2C(=O)c3cccnc3C2=O)nc1. The fourth-order valence-corrected chi connectivity index (χ4v) is 1.92. The normalized spacial score (nSPS) is 13.5. The Labute approximate surface area is 112 Å². The Bertz CT molecular complexity index is 705. The molecule has 0 spiro atoms. The molecule has 0 bridgehead atoms. The summed E-state index contributed by atoms with van der Waals surface area (Å²) < 4.78 is 0.